The molecule has 2 heterocycles. The van der Waals surface area contributed by atoms with Crippen molar-refractivity contribution in [2.45, 2.75) is 37.4 Å². The van der Waals surface area contributed by atoms with Gasteiger partial charge in [-0.05, 0) is 12.8 Å². The zero-order valence-electron chi connectivity index (χ0n) is 10.5. The molecule has 0 amide bonds. The van der Waals surface area contributed by atoms with Crippen LogP contribution in [0, 0.1) is 0 Å². The molecule has 1 atom stereocenters. The number of aromatic nitrogens is 2. The summed E-state index contributed by atoms with van der Waals surface area (Å²) in [6.45, 7) is 3.18. The first kappa shape index (κ1) is 13.6. The second kappa shape index (κ2) is 6.92. The number of nitrogens with one attached hydrogen (secondary N) is 1. The fraction of sp³-hybridized carbons (Fsp3) is 0.667. The summed E-state index contributed by atoms with van der Waals surface area (Å²) in [7, 11) is 0. The lowest BCUT2D eigenvalue weighted by molar-refractivity contribution is -0.130. The normalized spacial score (nSPS) is 19.9. The van der Waals surface area contributed by atoms with Crippen LogP contribution in [0.5, 0.6) is 0 Å². The van der Waals surface area contributed by atoms with Gasteiger partial charge in [0.2, 0.25) is 0 Å². The van der Waals surface area contributed by atoms with Gasteiger partial charge in [-0.15, -0.1) is 0 Å². The molecule has 1 aromatic heterocycles. The van der Waals surface area contributed by atoms with Crippen LogP contribution in [-0.4, -0.2) is 35.2 Å². The van der Waals surface area contributed by atoms with E-state index >= 15 is 0 Å². The molecule has 5 nitrogen and oxygen atoms in total. The van der Waals surface area contributed by atoms with Gasteiger partial charge in [0.05, 0.1) is 12.7 Å². The Hall–Kier alpha value is -0.850. The van der Waals surface area contributed by atoms with Crippen LogP contribution in [0.1, 0.15) is 25.5 Å². The van der Waals surface area contributed by atoms with Crippen molar-refractivity contribution in [3.8, 4) is 0 Å². The van der Waals surface area contributed by atoms with Crippen molar-refractivity contribution >= 4 is 11.8 Å². The monoisotopic (exact) mass is 270 g/mol. The Labute approximate surface area is 110 Å². The van der Waals surface area contributed by atoms with Gasteiger partial charge in [-0.25, -0.2) is 4.98 Å². The smallest absolute Gasteiger partial charge is 0.251 e. The van der Waals surface area contributed by atoms with E-state index in [1.54, 1.807) is 6.07 Å². The van der Waals surface area contributed by atoms with E-state index < -0.39 is 0 Å². The lowest BCUT2D eigenvalue weighted by Gasteiger charge is -2.21. The summed E-state index contributed by atoms with van der Waals surface area (Å²) < 4.78 is 10.6. The van der Waals surface area contributed by atoms with Crippen LogP contribution in [0.15, 0.2) is 16.0 Å². The van der Waals surface area contributed by atoms with E-state index in [-0.39, 0.29) is 11.7 Å². The molecule has 1 aromatic rings. The Kier molecular flexibility index (Phi) is 5.22. The molecule has 0 aliphatic carbocycles. The molecular formula is C12H18N2O3S. The van der Waals surface area contributed by atoms with Crippen molar-refractivity contribution < 1.29 is 9.47 Å². The minimum atomic E-state index is -0.0798. The van der Waals surface area contributed by atoms with E-state index in [2.05, 4.69) is 16.9 Å². The highest BCUT2D eigenvalue weighted by Gasteiger charge is 2.15. The standard InChI is InChI=1S/C12H18N2O3S/c1-2-3-9-6-11(15)14-12(13-9)18-7-10-4-5-16-8-17-10/h6,10H,2-5,7-8H2,1H3,(H,13,14,15)/t10-/m1/s1. The molecule has 18 heavy (non-hydrogen) atoms. The minimum absolute atomic E-state index is 0.0798. The van der Waals surface area contributed by atoms with Gasteiger partial charge >= 0.3 is 0 Å². The SMILES string of the molecule is CCCc1cc(=O)[nH]c(SC[C@H]2CCOCO2)n1. The van der Waals surface area contributed by atoms with Crippen LogP contribution < -0.4 is 5.56 Å². The van der Waals surface area contributed by atoms with E-state index in [0.717, 1.165) is 37.3 Å². The van der Waals surface area contributed by atoms with Crippen molar-refractivity contribution in [3.05, 3.63) is 22.1 Å². The van der Waals surface area contributed by atoms with Crippen molar-refractivity contribution in [1.29, 1.82) is 0 Å². The summed E-state index contributed by atoms with van der Waals surface area (Å²) in [4.78, 5) is 18.7. The van der Waals surface area contributed by atoms with Gasteiger partial charge in [0, 0.05) is 17.5 Å². The van der Waals surface area contributed by atoms with E-state index in [1.165, 1.54) is 11.8 Å². The third-order valence-electron chi connectivity index (χ3n) is 2.66. The first-order valence-electron chi connectivity index (χ1n) is 6.20. The Balaban J connectivity index is 1.93. The van der Waals surface area contributed by atoms with E-state index in [4.69, 9.17) is 9.47 Å². The van der Waals surface area contributed by atoms with Gasteiger partial charge in [-0.1, -0.05) is 25.1 Å². The number of rotatable bonds is 5. The summed E-state index contributed by atoms with van der Waals surface area (Å²) in [6, 6.07) is 1.57. The van der Waals surface area contributed by atoms with Crippen molar-refractivity contribution in [2.75, 3.05) is 19.2 Å². The molecule has 100 valence electrons. The highest BCUT2D eigenvalue weighted by Crippen LogP contribution is 2.18. The number of H-pyrrole nitrogens is 1. The summed E-state index contributed by atoms with van der Waals surface area (Å²) in [5.74, 6) is 0.794. The molecule has 1 N–H and O–H groups in total. The molecule has 1 aliphatic heterocycles. The number of aromatic amines is 1. The maximum atomic E-state index is 11.5. The van der Waals surface area contributed by atoms with Crippen LogP contribution in [0.2, 0.25) is 0 Å². The summed E-state index contributed by atoms with van der Waals surface area (Å²) >= 11 is 1.53. The minimum Gasteiger partial charge on any atom is -0.355 e. The predicted octanol–water partition coefficient (Wildman–Crippen LogP) is 1.58. The highest BCUT2D eigenvalue weighted by molar-refractivity contribution is 7.99. The topological polar surface area (TPSA) is 64.2 Å². The summed E-state index contributed by atoms with van der Waals surface area (Å²) in [5, 5.41) is 0.682. The molecule has 0 aromatic carbocycles. The largest absolute Gasteiger partial charge is 0.355 e. The first-order chi connectivity index (χ1) is 8.78. The van der Waals surface area contributed by atoms with Gasteiger partial charge in [0.25, 0.3) is 5.56 Å². The molecule has 1 saturated heterocycles. The number of hydrogen-bond acceptors (Lipinski definition) is 5. The summed E-state index contributed by atoms with van der Waals surface area (Å²) in [6.07, 6.45) is 2.91. The van der Waals surface area contributed by atoms with E-state index in [0.29, 0.717) is 11.9 Å². The quantitative estimate of drug-likeness (QED) is 0.650. The maximum absolute atomic E-state index is 11.5. The Morgan fingerprint density at radius 3 is 3.22 bits per heavy atom. The fourth-order valence-corrected chi connectivity index (χ4v) is 2.70. The number of thioether (sulfide) groups is 1. The average molecular weight is 270 g/mol. The van der Waals surface area contributed by atoms with Crippen LogP contribution >= 0.6 is 11.8 Å². The summed E-state index contributed by atoms with van der Waals surface area (Å²) in [5.41, 5.74) is 0.778. The fourth-order valence-electron chi connectivity index (χ4n) is 1.74. The maximum Gasteiger partial charge on any atom is 0.251 e. The molecule has 0 saturated carbocycles. The Morgan fingerprint density at radius 2 is 2.50 bits per heavy atom. The third kappa shape index (κ3) is 4.12. The Bertz CT molecular complexity index is 430. The number of ether oxygens (including phenoxy) is 2. The van der Waals surface area contributed by atoms with Gasteiger partial charge < -0.3 is 14.5 Å². The molecule has 0 unspecified atom stereocenters. The van der Waals surface area contributed by atoms with Crippen LogP contribution in [-0.2, 0) is 15.9 Å². The van der Waals surface area contributed by atoms with Gasteiger partial charge in [-0.3, -0.25) is 4.79 Å². The third-order valence-corrected chi connectivity index (χ3v) is 3.66. The van der Waals surface area contributed by atoms with Crippen LogP contribution in [0.25, 0.3) is 0 Å². The van der Waals surface area contributed by atoms with Gasteiger partial charge in [-0.2, -0.15) is 0 Å². The molecule has 2 rings (SSSR count). The number of aryl methyl sites for hydroxylation is 1. The van der Waals surface area contributed by atoms with Crippen LogP contribution in [0.4, 0.5) is 0 Å². The van der Waals surface area contributed by atoms with Crippen molar-refractivity contribution in [1.82, 2.24) is 9.97 Å². The van der Waals surface area contributed by atoms with Crippen LogP contribution in [0.3, 0.4) is 0 Å². The second-order valence-electron chi connectivity index (χ2n) is 4.21. The second-order valence-corrected chi connectivity index (χ2v) is 5.22. The molecule has 6 heteroatoms. The molecule has 1 aliphatic rings. The van der Waals surface area contributed by atoms with Gasteiger partial charge in [0.15, 0.2) is 5.16 Å². The van der Waals surface area contributed by atoms with Crippen molar-refractivity contribution in [3.63, 3.8) is 0 Å². The molecule has 1 fully saturated rings. The lowest BCUT2D eigenvalue weighted by Crippen LogP contribution is -2.25. The molecule has 0 radical (unpaired) electrons. The van der Waals surface area contributed by atoms with Gasteiger partial charge in [0.1, 0.15) is 6.79 Å². The number of nitrogens with zero attached hydrogens (tertiary/aromatic N) is 1. The lowest BCUT2D eigenvalue weighted by atomic mass is 10.2. The molecular weight excluding hydrogens is 252 g/mol. The van der Waals surface area contributed by atoms with Crippen molar-refractivity contribution in [2.24, 2.45) is 0 Å². The molecule has 0 bridgehead atoms. The number of hydrogen-bond donors (Lipinski definition) is 1. The van der Waals surface area contributed by atoms with E-state index in [9.17, 15) is 4.79 Å². The predicted molar refractivity (Wildman–Crippen MR) is 69.9 cm³/mol. The van der Waals surface area contributed by atoms with E-state index in [1.807, 2.05) is 0 Å². The average Bonchev–Trinajstić information content (AvgIpc) is 2.37. The molecule has 0 spiro atoms. The first-order valence-corrected chi connectivity index (χ1v) is 7.19. The zero-order valence-corrected chi connectivity index (χ0v) is 11.3. The zero-order chi connectivity index (χ0) is 12.8. The highest BCUT2D eigenvalue weighted by atomic mass is 32.2. The Morgan fingerprint density at radius 1 is 1.61 bits per heavy atom.